The lowest BCUT2D eigenvalue weighted by molar-refractivity contribution is -0.139. The molecule has 0 bridgehead atoms. The van der Waals surface area contributed by atoms with Gasteiger partial charge in [0.05, 0.1) is 0 Å². The van der Waals surface area contributed by atoms with Gasteiger partial charge in [-0.15, -0.1) is 0 Å². The number of hydrogen-bond acceptors (Lipinski definition) is 9. The van der Waals surface area contributed by atoms with Crippen molar-refractivity contribution in [2.45, 2.75) is 24.9 Å². The highest BCUT2D eigenvalue weighted by molar-refractivity contribution is 7.40. The maximum atomic E-state index is 10.7. The molecule has 0 aliphatic rings. The monoisotopic (exact) mass is 486 g/mol. The molecule has 32 heavy (non-hydrogen) atoms. The van der Waals surface area contributed by atoms with Crippen LogP contribution in [-0.2, 0) is 40.7 Å². The van der Waals surface area contributed by atoms with Crippen LogP contribution in [0, 0.1) is 0 Å². The second kappa shape index (κ2) is 12.5. The molecular weight excluding hydrogens is 466 g/mol. The first kappa shape index (κ1) is 26.7. The summed E-state index contributed by atoms with van der Waals surface area (Å²) >= 11 is 0. The molecule has 0 saturated heterocycles. The molecule has 2 atom stereocenters. The third-order valence-electron chi connectivity index (χ3n) is 3.94. The Hall–Kier alpha value is -3.30. The molecular formula is C18H20N2O10P2. The fourth-order valence-corrected chi connectivity index (χ4v) is 3.36. The lowest BCUT2D eigenvalue weighted by Crippen LogP contribution is -2.33. The van der Waals surface area contributed by atoms with E-state index in [4.69, 9.17) is 21.1 Å². The van der Waals surface area contributed by atoms with Crippen molar-refractivity contribution >= 4 is 32.8 Å². The zero-order chi connectivity index (χ0) is 24.4. The Morgan fingerprint density at radius 3 is 1.91 bits per heavy atom. The lowest BCUT2D eigenvalue weighted by atomic mass is 10.1. The number of aromatic hydroxyl groups is 2. The number of nitrogens with two attached hydrogens (primary N) is 1. The van der Waals surface area contributed by atoms with Crippen LogP contribution in [0.4, 0.5) is 0 Å². The Kier molecular flexibility index (Phi) is 10.5. The van der Waals surface area contributed by atoms with Crippen molar-refractivity contribution in [3.63, 3.8) is 0 Å². The number of aliphatic carboxylic acids is 2. The topological polar surface area (TPSA) is 221 Å². The molecule has 0 aliphatic carbocycles. The smallest absolute Gasteiger partial charge is 0.396 e. The molecule has 12 nitrogen and oxygen atoms in total. The molecule has 0 saturated carbocycles. The fourth-order valence-electron chi connectivity index (χ4n) is 2.37. The number of carboxylic acids is 2. The normalized spacial score (nSPS) is 12.0. The molecule has 0 amide bonds. The van der Waals surface area contributed by atoms with E-state index in [1.54, 1.807) is 0 Å². The van der Waals surface area contributed by atoms with Gasteiger partial charge in [-0.1, -0.05) is 18.2 Å². The summed E-state index contributed by atoms with van der Waals surface area (Å²) in [5.74, 6) is -2.70. The minimum absolute atomic E-state index is 0.00574. The van der Waals surface area contributed by atoms with Gasteiger partial charge < -0.3 is 26.2 Å². The largest absolute Gasteiger partial charge is 0.508 e. The third kappa shape index (κ3) is 9.23. The van der Waals surface area contributed by atoms with Crippen molar-refractivity contribution in [1.29, 1.82) is 0 Å². The summed E-state index contributed by atoms with van der Waals surface area (Å²) in [7, 11) is -5.87. The van der Waals surface area contributed by atoms with Crippen LogP contribution in [-0.4, -0.2) is 44.4 Å². The van der Waals surface area contributed by atoms with Gasteiger partial charge >= 0.3 is 27.5 Å². The van der Waals surface area contributed by atoms with E-state index in [1.807, 2.05) is 5.09 Å². The summed E-state index contributed by atoms with van der Waals surface area (Å²) in [6.07, 6.45) is 0.0325. The number of benzene rings is 2. The quantitative estimate of drug-likeness (QED) is 0.275. The van der Waals surface area contributed by atoms with Crippen LogP contribution in [0.3, 0.4) is 0 Å². The van der Waals surface area contributed by atoms with Crippen LogP contribution in [0.2, 0.25) is 0 Å². The molecule has 0 radical (unpaired) electrons. The highest BCUT2D eigenvalue weighted by Gasteiger charge is 2.19. The molecule has 2 rings (SSSR count). The predicted octanol–water partition coefficient (Wildman–Crippen LogP) is 1.21. The number of rotatable bonds is 9. The van der Waals surface area contributed by atoms with Crippen LogP contribution in [0.15, 0.2) is 42.5 Å². The Labute approximate surface area is 182 Å². The number of phenols is 2. The molecule has 14 heteroatoms. The molecule has 0 fully saturated rings. The van der Waals surface area contributed by atoms with E-state index in [1.165, 1.54) is 42.5 Å². The van der Waals surface area contributed by atoms with E-state index in [0.717, 1.165) is 0 Å². The number of phenolic OH excluding ortho intramolecular Hbond substituents is 2. The van der Waals surface area contributed by atoms with Crippen molar-refractivity contribution in [3.05, 3.63) is 53.6 Å². The van der Waals surface area contributed by atoms with Gasteiger partial charge in [0.15, 0.2) is 0 Å². The van der Waals surface area contributed by atoms with E-state index in [0.29, 0.717) is 11.1 Å². The predicted molar refractivity (Wildman–Crippen MR) is 110 cm³/mol. The Morgan fingerprint density at radius 2 is 1.44 bits per heavy atom. The molecule has 172 valence electrons. The van der Waals surface area contributed by atoms with E-state index in [-0.39, 0.29) is 29.6 Å². The summed E-state index contributed by atoms with van der Waals surface area (Å²) in [5.41, 5.74) is 6.37. The van der Waals surface area contributed by atoms with Gasteiger partial charge in [-0.25, -0.2) is 18.3 Å². The fraction of sp³-hybridized carbons (Fsp3) is 0.222. The second-order valence-corrected chi connectivity index (χ2v) is 8.15. The van der Waals surface area contributed by atoms with Gasteiger partial charge in [0.2, 0.25) is 0 Å². The average Bonchev–Trinajstić information content (AvgIpc) is 2.70. The summed E-state index contributed by atoms with van der Waals surface area (Å²) in [5, 5.41) is 37.3. The van der Waals surface area contributed by atoms with E-state index in [2.05, 4.69) is 0 Å². The second-order valence-electron chi connectivity index (χ2n) is 6.38. The molecule has 2 aromatic carbocycles. The highest BCUT2D eigenvalue weighted by atomic mass is 31.1. The first-order chi connectivity index (χ1) is 14.9. The number of carbonyl (C=O) groups is 2. The third-order valence-corrected chi connectivity index (χ3v) is 5.22. The molecule has 2 unspecified atom stereocenters. The van der Waals surface area contributed by atoms with Gasteiger partial charge in [-0.05, 0) is 48.2 Å². The zero-order valence-corrected chi connectivity index (χ0v) is 18.1. The molecule has 2 aromatic rings. The van der Waals surface area contributed by atoms with Crippen molar-refractivity contribution in [3.8, 4) is 11.5 Å². The Bertz CT molecular complexity index is 1080. The van der Waals surface area contributed by atoms with Crippen molar-refractivity contribution in [1.82, 2.24) is 5.09 Å². The van der Waals surface area contributed by atoms with E-state index in [9.17, 15) is 33.0 Å². The summed E-state index contributed by atoms with van der Waals surface area (Å²) in [6.45, 7) is 0. The van der Waals surface area contributed by atoms with Gasteiger partial charge in [-0.2, -0.15) is 5.09 Å². The van der Waals surface area contributed by atoms with Crippen molar-refractivity contribution < 1.29 is 48.3 Å². The van der Waals surface area contributed by atoms with Gasteiger partial charge in [0.1, 0.15) is 28.9 Å². The number of nitrogens with one attached hydrogen (secondary N) is 1. The maximum Gasteiger partial charge on any atom is 0.396 e. The average molecular weight is 486 g/mol. The van der Waals surface area contributed by atoms with Crippen LogP contribution >= 0.6 is 15.5 Å². The molecule has 7 N–H and O–H groups in total. The van der Waals surface area contributed by atoms with E-state index < -0.39 is 39.5 Å². The molecule has 0 heterocycles. The minimum Gasteiger partial charge on any atom is -0.508 e. The van der Waals surface area contributed by atoms with E-state index >= 15 is 0 Å². The van der Waals surface area contributed by atoms with Crippen LogP contribution in [0.25, 0.3) is 0 Å². The lowest BCUT2D eigenvalue weighted by Gasteiger charge is -2.09. The first-order valence-electron chi connectivity index (χ1n) is 8.76. The highest BCUT2D eigenvalue weighted by Crippen LogP contribution is 2.17. The summed E-state index contributed by atoms with van der Waals surface area (Å²) < 4.78 is 42.2. The van der Waals surface area contributed by atoms with Crippen LogP contribution < -0.4 is 16.1 Å². The SMILES string of the molecule is NC(Cc1ccc(O)c(P(=O)=O)c1)C(=O)O.O=C(O)C(Cc1ccc(O)cc1)NP(=O)=O. The molecule has 0 aromatic heterocycles. The standard InChI is InChI=1S/2C9H10NO5P/c11-7-3-1-6(2-4-7)5-8(9(12)13)10-16(14)15;10-6(9(12)13)3-5-1-2-7(11)8(4-5)16(14)15/h1-4,8,11H,5H2,(H,12,13)(H,10,14,15);1-2,4,6,11H,3,10H2,(H,12,13). The van der Waals surface area contributed by atoms with Gasteiger partial charge in [0.25, 0.3) is 0 Å². The van der Waals surface area contributed by atoms with Crippen LogP contribution in [0.5, 0.6) is 11.5 Å². The van der Waals surface area contributed by atoms with Gasteiger partial charge in [0, 0.05) is 0 Å². The Morgan fingerprint density at radius 1 is 0.875 bits per heavy atom. The first-order valence-corrected chi connectivity index (χ1v) is 11.1. The number of carboxylic acid groups (broad SMARTS) is 2. The Balaban J connectivity index is 0.000000320. The van der Waals surface area contributed by atoms with Crippen LogP contribution in [0.1, 0.15) is 11.1 Å². The van der Waals surface area contributed by atoms with Crippen molar-refractivity contribution in [2.75, 3.05) is 0 Å². The molecule has 0 aliphatic heterocycles. The zero-order valence-electron chi connectivity index (χ0n) is 16.3. The summed E-state index contributed by atoms with van der Waals surface area (Å²) in [4.78, 5) is 21.2. The summed E-state index contributed by atoms with van der Waals surface area (Å²) in [6, 6.07) is 7.44. The van der Waals surface area contributed by atoms with Gasteiger partial charge in [-0.3, -0.25) is 9.59 Å². The minimum atomic E-state index is -2.95. The number of hydrogen-bond donors (Lipinski definition) is 6. The molecule has 0 spiro atoms. The maximum absolute atomic E-state index is 10.7. The van der Waals surface area contributed by atoms with Crippen molar-refractivity contribution in [2.24, 2.45) is 5.73 Å².